The van der Waals surface area contributed by atoms with E-state index in [9.17, 15) is 9.90 Å². The minimum atomic E-state index is -0.875. The van der Waals surface area contributed by atoms with E-state index >= 15 is 0 Å². The fourth-order valence-electron chi connectivity index (χ4n) is 15.0. The van der Waals surface area contributed by atoms with Gasteiger partial charge in [-0.05, 0) is 156 Å². The molecule has 2 nitrogen and oxygen atoms in total. The summed E-state index contributed by atoms with van der Waals surface area (Å²) < 4.78 is 0. The fourth-order valence-corrected chi connectivity index (χ4v) is 15.0. The van der Waals surface area contributed by atoms with E-state index in [-0.39, 0.29) is 16.2 Å². The van der Waals surface area contributed by atoms with Crippen molar-refractivity contribution in [1.82, 2.24) is 0 Å². The highest BCUT2D eigenvalue weighted by Crippen LogP contribution is 2.78. The van der Waals surface area contributed by atoms with Crippen molar-refractivity contribution < 1.29 is 9.90 Å². The Morgan fingerprint density at radius 3 is 1.98 bits per heavy atom. The van der Waals surface area contributed by atoms with Crippen molar-refractivity contribution in [2.75, 3.05) is 0 Å². The standard InChI is InChI=1S/C44H70O2/c1-27(2)28-18-21-40(11)24-25-42(13)30(34(28)40)16-17-33-41(12)22-19-29(37(5,6)32(41)20-23-43(33,42)14)31-26-36(3,4)44(15,35(45)46)39(9,10)38(31,7)8/h19,26,28,30,32-34H,1,16-18,20-25H2,2-15H3,(H,45,46)/t28-,30+,32-,33+,34+,40+,41-,42+,43+,44?/m0/s1. The van der Waals surface area contributed by atoms with Gasteiger partial charge >= 0.3 is 5.97 Å². The van der Waals surface area contributed by atoms with Gasteiger partial charge in [-0.2, -0.15) is 0 Å². The number of aliphatic carboxylic acids is 1. The molecule has 0 amide bonds. The highest BCUT2D eigenvalue weighted by molar-refractivity contribution is 5.78. The van der Waals surface area contributed by atoms with E-state index in [1.165, 1.54) is 68.1 Å². The van der Waals surface area contributed by atoms with Gasteiger partial charge in [-0.15, -0.1) is 0 Å². The summed E-state index contributed by atoms with van der Waals surface area (Å²) in [4.78, 5) is 13.0. The van der Waals surface area contributed by atoms with Gasteiger partial charge in [0, 0.05) is 0 Å². The van der Waals surface area contributed by atoms with Crippen molar-refractivity contribution in [3.8, 4) is 0 Å². The van der Waals surface area contributed by atoms with Crippen molar-refractivity contribution in [3.63, 3.8) is 0 Å². The maximum atomic E-state index is 13.0. The second-order valence-electron chi connectivity index (χ2n) is 21.3. The van der Waals surface area contributed by atoms with Gasteiger partial charge in [-0.25, -0.2) is 0 Å². The summed E-state index contributed by atoms with van der Waals surface area (Å²) in [6.45, 7) is 38.3. The van der Waals surface area contributed by atoms with E-state index < -0.39 is 22.2 Å². The third-order valence-corrected chi connectivity index (χ3v) is 19.1. The van der Waals surface area contributed by atoms with Gasteiger partial charge in [0.05, 0.1) is 5.41 Å². The monoisotopic (exact) mass is 631 g/mol. The Kier molecular flexibility index (Phi) is 7.27. The molecule has 6 aliphatic rings. The highest BCUT2D eigenvalue weighted by Gasteiger charge is 2.71. The average Bonchev–Trinajstić information content (AvgIpc) is 3.28. The molecule has 2 heteroatoms. The van der Waals surface area contributed by atoms with E-state index in [2.05, 4.69) is 109 Å². The smallest absolute Gasteiger partial charge is 0.310 e. The van der Waals surface area contributed by atoms with Gasteiger partial charge in [0.15, 0.2) is 0 Å². The second-order valence-corrected chi connectivity index (χ2v) is 21.3. The van der Waals surface area contributed by atoms with Crippen molar-refractivity contribution in [3.05, 3.63) is 35.5 Å². The van der Waals surface area contributed by atoms with Crippen LogP contribution in [0.3, 0.4) is 0 Å². The molecule has 0 spiro atoms. The van der Waals surface area contributed by atoms with Crippen LogP contribution in [0.4, 0.5) is 0 Å². The quantitative estimate of drug-likeness (QED) is 0.315. The molecule has 0 radical (unpaired) electrons. The summed E-state index contributed by atoms with van der Waals surface area (Å²) in [5, 5.41) is 10.7. The first-order valence-electron chi connectivity index (χ1n) is 19.1. The average molecular weight is 631 g/mol. The Labute approximate surface area is 283 Å². The highest BCUT2D eigenvalue weighted by atomic mass is 16.4. The molecule has 4 fully saturated rings. The van der Waals surface area contributed by atoms with Crippen molar-refractivity contribution in [1.29, 1.82) is 0 Å². The van der Waals surface area contributed by atoms with Gasteiger partial charge in [-0.3, -0.25) is 4.79 Å². The lowest BCUT2D eigenvalue weighted by atomic mass is 9.32. The number of carboxylic acids is 1. The molecule has 10 atom stereocenters. The molecule has 0 bridgehead atoms. The van der Waals surface area contributed by atoms with Crippen LogP contribution in [0.15, 0.2) is 35.5 Å². The molecular weight excluding hydrogens is 560 g/mol. The SMILES string of the molecule is C=C(C)[C@@H]1CC[C@]2(C)CC[C@]3(C)[C@H](CC[C@@H]4[C@@]5(C)CC=C(C6=CC(C)(C)C(C)(C(=O)O)C(C)(C)C6(C)C)C(C)(C)[C@@H]5CC[C@]43C)[C@@H]12. The second kappa shape index (κ2) is 9.68. The number of hydrogen-bond acceptors (Lipinski definition) is 1. The first-order chi connectivity index (χ1) is 20.8. The molecule has 0 aromatic carbocycles. The number of hydrogen-bond donors (Lipinski definition) is 1. The number of rotatable bonds is 3. The van der Waals surface area contributed by atoms with Crippen LogP contribution in [0.25, 0.3) is 0 Å². The van der Waals surface area contributed by atoms with Gasteiger partial charge in [0.2, 0.25) is 0 Å². The molecule has 0 heterocycles. The predicted molar refractivity (Wildman–Crippen MR) is 193 cm³/mol. The van der Waals surface area contributed by atoms with Crippen molar-refractivity contribution in [2.45, 2.75) is 155 Å². The van der Waals surface area contributed by atoms with E-state index in [1.807, 2.05) is 6.92 Å². The Morgan fingerprint density at radius 1 is 0.761 bits per heavy atom. The van der Waals surface area contributed by atoms with Crippen LogP contribution >= 0.6 is 0 Å². The molecule has 1 unspecified atom stereocenters. The summed E-state index contributed by atoms with van der Waals surface area (Å²) in [5.74, 6) is 3.02. The minimum Gasteiger partial charge on any atom is -0.481 e. The molecule has 6 aliphatic carbocycles. The van der Waals surface area contributed by atoms with Crippen LogP contribution in [0, 0.1) is 78.3 Å². The first kappa shape index (κ1) is 34.5. The molecule has 4 saturated carbocycles. The zero-order valence-corrected chi connectivity index (χ0v) is 32.5. The molecule has 1 N–H and O–H groups in total. The van der Waals surface area contributed by atoms with Gasteiger partial charge in [0.1, 0.15) is 0 Å². The molecule has 0 aromatic rings. The summed E-state index contributed by atoms with van der Waals surface area (Å²) >= 11 is 0. The largest absolute Gasteiger partial charge is 0.481 e. The fraction of sp³-hybridized carbons (Fsp3) is 0.841. The summed E-state index contributed by atoms with van der Waals surface area (Å²) in [7, 11) is 0. The van der Waals surface area contributed by atoms with Gasteiger partial charge in [-0.1, -0.05) is 107 Å². The van der Waals surface area contributed by atoms with Crippen LogP contribution in [-0.2, 0) is 4.79 Å². The van der Waals surface area contributed by atoms with Crippen molar-refractivity contribution in [2.24, 2.45) is 78.3 Å². The number of carbonyl (C=O) groups is 1. The Balaban J connectivity index is 1.41. The lowest BCUT2D eigenvalue weighted by molar-refractivity contribution is -0.225. The first-order valence-corrected chi connectivity index (χ1v) is 19.1. The molecule has 258 valence electrons. The maximum absolute atomic E-state index is 13.0. The van der Waals surface area contributed by atoms with Crippen molar-refractivity contribution >= 4 is 5.97 Å². The van der Waals surface area contributed by atoms with Crippen LogP contribution in [0.1, 0.15) is 155 Å². The van der Waals surface area contributed by atoms with E-state index in [4.69, 9.17) is 0 Å². The third-order valence-electron chi connectivity index (χ3n) is 19.1. The normalized spacial score (nSPS) is 49.7. The van der Waals surface area contributed by atoms with Crippen LogP contribution in [0.2, 0.25) is 0 Å². The molecule has 6 rings (SSSR count). The Bertz CT molecular complexity index is 1400. The van der Waals surface area contributed by atoms with Gasteiger partial charge in [0.25, 0.3) is 0 Å². The summed E-state index contributed by atoms with van der Waals surface area (Å²) in [6, 6.07) is 0. The van der Waals surface area contributed by atoms with Crippen LogP contribution < -0.4 is 0 Å². The molecule has 0 saturated heterocycles. The molecule has 0 aliphatic heterocycles. The van der Waals surface area contributed by atoms with Gasteiger partial charge < -0.3 is 5.11 Å². The predicted octanol–water partition coefficient (Wildman–Crippen LogP) is 12.3. The summed E-state index contributed by atoms with van der Waals surface area (Å²) in [6.07, 6.45) is 17.2. The Morgan fingerprint density at radius 2 is 1.39 bits per heavy atom. The third kappa shape index (κ3) is 3.80. The maximum Gasteiger partial charge on any atom is 0.310 e. The molecule has 0 aromatic heterocycles. The van der Waals surface area contributed by atoms with E-state index in [0.717, 1.165) is 24.2 Å². The number of carboxylic acid groups (broad SMARTS) is 1. The molecular formula is C44H70O2. The Hall–Kier alpha value is -1.31. The van der Waals surface area contributed by atoms with E-state index in [1.54, 1.807) is 0 Å². The summed E-state index contributed by atoms with van der Waals surface area (Å²) in [5.41, 5.74) is 3.87. The lowest BCUT2D eigenvalue weighted by Gasteiger charge is -2.72. The zero-order chi connectivity index (χ0) is 34.5. The zero-order valence-electron chi connectivity index (χ0n) is 32.5. The lowest BCUT2D eigenvalue weighted by Crippen LogP contribution is -2.65. The number of allylic oxidation sites excluding steroid dienone is 5. The number of fused-ring (bicyclic) bond motifs is 7. The van der Waals surface area contributed by atoms with E-state index in [0.29, 0.717) is 28.1 Å². The topological polar surface area (TPSA) is 37.3 Å². The van der Waals surface area contributed by atoms with Crippen LogP contribution in [-0.4, -0.2) is 11.1 Å². The minimum absolute atomic E-state index is 0.0277. The molecule has 46 heavy (non-hydrogen) atoms. The van der Waals surface area contributed by atoms with Crippen LogP contribution in [0.5, 0.6) is 0 Å².